The first-order chi connectivity index (χ1) is 8.27. The molecular weight excluding hydrogens is 212 g/mol. The fourth-order valence-corrected chi connectivity index (χ4v) is 2.71. The second-order valence-electron chi connectivity index (χ2n) is 5.39. The van der Waals surface area contributed by atoms with Gasteiger partial charge in [-0.1, -0.05) is 12.8 Å². The number of unbranched alkanes of at least 4 members (excludes halogenated alkanes) is 3. The van der Waals surface area contributed by atoms with Crippen molar-refractivity contribution in [2.24, 2.45) is 5.92 Å². The van der Waals surface area contributed by atoms with Crippen molar-refractivity contribution >= 4 is 0 Å². The van der Waals surface area contributed by atoms with Crippen molar-refractivity contribution in [2.45, 2.75) is 51.5 Å². The second kappa shape index (κ2) is 8.90. The fraction of sp³-hybridized carbons (Fsp3) is 1.00. The third kappa shape index (κ3) is 5.84. The minimum Gasteiger partial charge on any atom is -0.396 e. The van der Waals surface area contributed by atoms with Gasteiger partial charge in [0.05, 0.1) is 0 Å². The number of nitrogens with zero attached hydrogens (tertiary/aromatic N) is 1. The summed E-state index contributed by atoms with van der Waals surface area (Å²) >= 11 is 0. The maximum atomic E-state index is 8.70. The van der Waals surface area contributed by atoms with E-state index in [1.807, 2.05) is 0 Å². The molecule has 0 bridgehead atoms. The van der Waals surface area contributed by atoms with Gasteiger partial charge in [0.1, 0.15) is 0 Å². The quantitative estimate of drug-likeness (QED) is 0.638. The predicted molar refractivity (Wildman–Crippen MR) is 73.2 cm³/mol. The summed E-state index contributed by atoms with van der Waals surface area (Å²) in [7, 11) is 2.07. The van der Waals surface area contributed by atoms with Crippen LogP contribution in [-0.4, -0.2) is 49.3 Å². The van der Waals surface area contributed by atoms with Crippen LogP contribution in [0, 0.1) is 5.92 Å². The number of nitrogens with one attached hydrogen (secondary N) is 1. The highest BCUT2D eigenvalue weighted by atomic mass is 16.2. The minimum atomic E-state index is 0.354. The molecule has 1 aliphatic rings. The average Bonchev–Trinajstić information content (AvgIpc) is 2.38. The van der Waals surface area contributed by atoms with E-state index in [0.29, 0.717) is 12.6 Å². The Labute approximate surface area is 107 Å². The summed E-state index contributed by atoms with van der Waals surface area (Å²) in [6, 6.07) is 0.668. The van der Waals surface area contributed by atoms with Gasteiger partial charge >= 0.3 is 0 Å². The molecule has 1 rings (SSSR count). The summed E-state index contributed by atoms with van der Waals surface area (Å²) in [6.45, 7) is 6.46. The summed E-state index contributed by atoms with van der Waals surface area (Å²) in [6.07, 6.45) is 7.42. The van der Waals surface area contributed by atoms with Crippen LogP contribution < -0.4 is 5.32 Å². The molecule has 0 spiro atoms. The Morgan fingerprint density at radius 3 is 2.41 bits per heavy atom. The Morgan fingerprint density at radius 2 is 1.82 bits per heavy atom. The van der Waals surface area contributed by atoms with Gasteiger partial charge < -0.3 is 15.3 Å². The highest BCUT2D eigenvalue weighted by Crippen LogP contribution is 2.20. The second-order valence-corrected chi connectivity index (χ2v) is 5.39. The van der Waals surface area contributed by atoms with Crippen LogP contribution in [0.2, 0.25) is 0 Å². The van der Waals surface area contributed by atoms with Gasteiger partial charge in [0.2, 0.25) is 0 Å². The minimum absolute atomic E-state index is 0.354. The van der Waals surface area contributed by atoms with Crippen LogP contribution in [0.15, 0.2) is 0 Å². The van der Waals surface area contributed by atoms with Gasteiger partial charge in [-0.25, -0.2) is 0 Å². The van der Waals surface area contributed by atoms with Crippen molar-refractivity contribution in [2.75, 3.05) is 33.3 Å². The Balaban J connectivity index is 2.03. The summed E-state index contributed by atoms with van der Waals surface area (Å²) in [4.78, 5) is 2.61. The van der Waals surface area contributed by atoms with E-state index in [1.54, 1.807) is 0 Å². The molecule has 3 nitrogen and oxygen atoms in total. The lowest BCUT2D eigenvalue weighted by molar-refractivity contribution is 0.162. The third-order valence-electron chi connectivity index (χ3n) is 4.18. The topological polar surface area (TPSA) is 35.5 Å². The highest BCUT2D eigenvalue weighted by Gasteiger charge is 2.22. The molecule has 0 radical (unpaired) electrons. The molecule has 102 valence electrons. The third-order valence-corrected chi connectivity index (χ3v) is 4.18. The molecule has 1 atom stereocenters. The van der Waals surface area contributed by atoms with Crippen molar-refractivity contribution in [3.8, 4) is 0 Å². The first kappa shape index (κ1) is 14.9. The van der Waals surface area contributed by atoms with E-state index in [4.69, 9.17) is 5.11 Å². The molecule has 0 amide bonds. The molecule has 1 unspecified atom stereocenters. The van der Waals surface area contributed by atoms with E-state index >= 15 is 0 Å². The molecule has 1 fully saturated rings. The van der Waals surface area contributed by atoms with Crippen LogP contribution in [0.3, 0.4) is 0 Å². The number of hydrogen-bond donors (Lipinski definition) is 2. The molecule has 0 saturated carbocycles. The lowest BCUT2D eigenvalue weighted by atomic mass is 9.90. The van der Waals surface area contributed by atoms with Crippen LogP contribution in [0.5, 0.6) is 0 Å². The Bertz CT molecular complexity index is 179. The molecule has 0 aliphatic carbocycles. The zero-order valence-corrected chi connectivity index (χ0v) is 11.6. The van der Waals surface area contributed by atoms with Crippen molar-refractivity contribution in [1.82, 2.24) is 10.2 Å². The first-order valence-electron chi connectivity index (χ1n) is 7.28. The summed E-state index contributed by atoms with van der Waals surface area (Å²) in [5.41, 5.74) is 0. The van der Waals surface area contributed by atoms with Crippen LogP contribution >= 0.6 is 0 Å². The van der Waals surface area contributed by atoms with E-state index in [1.165, 1.54) is 51.7 Å². The first-order valence-corrected chi connectivity index (χ1v) is 7.28. The Hall–Kier alpha value is -0.120. The van der Waals surface area contributed by atoms with Crippen LogP contribution in [0.1, 0.15) is 45.4 Å². The van der Waals surface area contributed by atoms with Gasteiger partial charge in [-0.3, -0.25) is 0 Å². The van der Waals surface area contributed by atoms with Crippen molar-refractivity contribution < 1.29 is 5.11 Å². The number of aliphatic hydroxyl groups excluding tert-OH is 1. The fourth-order valence-electron chi connectivity index (χ4n) is 2.71. The lowest BCUT2D eigenvalue weighted by Crippen LogP contribution is -2.41. The monoisotopic (exact) mass is 242 g/mol. The van der Waals surface area contributed by atoms with Gasteiger partial charge in [-0.15, -0.1) is 0 Å². The summed E-state index contributed by atoms with van der Waals surface area (Å²) < 4.78 is 0. The van der Waals surface area contributed by atoms with E-state index in [9.17, 15) is 0 Å². The molecule has 0 aromatic rings. The van der Waals surface area contributed by atoms with Crippen LogP contribution in [0.4, 0.5) is 0 Å². The number of rotatable bonds is 8. The zero-order valence-electron chi connectivity index (χ0n) is 11.6. The maximum absolute atomic E-state index is 8.70. The molecule has 17 heavy (non-hydrogen) atoms. The molecule has 1 saturated heterocycles. The Morgan fingerprint density at radius 1 is 1.18 bits per heavy atom. The molecule has 0 aromatic heterocycles. The van der Waals surface area contributed by atoms with Gasteiger partial charge in [0.15, 0.2) is 0 Å². The number of aliphatic hydroxyl groups is 1. The normalized spacial score (nSPS) is 20.6. The van der Waals surface area contributed by atoms with Gasteiger partial charge in [0.25, 0.3) is 0 Å². The highest BCUT2D eigenvalue weighted by molar-refractivity contribution is 4.78. The van der Waals surface area contributed by atoms with Gasteiger partial charge in [0, 0.05) is 12.6 Å². The maximum Gasteiger partial charge on any atom is 0.0431 e. The van der Waals surface area contributed by atoms with Crippen molar-refractivity contribution in [3.05, 3.63) is 0 Å². The van der Waals surface area contributed by atoms with Gasteiger partial charge in [-0.05, 0) is 65.2 Å². The standard InChI is InChI=1S/C14H30N2O/c1-13(15-2)14-7-10-16(11-8-14)9-5-3-4-6-12-17/h13-15,17H,3-12H2,1-2H3. The molecule has 1 heterocycles. The van der Waals surface area contributed by atoms with Crippen molar-refractivity contribution in [3.63, 3.8) is 0 Å². The molecular formula is C14H30N2O. The van der Waals surface area contributed by atoms with E-state index < -0.39 is 0 Å². The smallest absolute Gasteiger partial charge is 0.0431 e. The SMILES string of the molecule is CNC(C)C1CCN(CCCCCCO)CC1. The molecule has 1 aliphatic heterocycles. The molecule has 3 heteroatoms. The van der Waals surface area contributed by atoms with Crippen LogP contribution in [0.25, 0.3) is 0 Å². The van der Waals surface area contributed by atoms with E-state index in [2.05, 4.69) is 24.2 Å². The zero-order chi connectivity index (χ0) is 12.5. The van der Waals surface area contributed by atoms with Gasteiger partial charge in [-0.2, -0.15) is 0 Å². The average molecular weight is 242 g/mol. The summed E-state index contributed by atoms with van der Waals surface area (Å²) in [5, 5.41) is 12.1. The largest absolute Gasteiger partial charge is 0.396 e. The molecule has 2 N–H and O–H groups in total. The number of hydrogen-bond acceptors (Lipinski definition) is 3. The van der Waals surface area contributed by atoms with E-state index in [-0.39, 0.29) is 0 Å². The van der Waals surface area contributed by atoms with Crippen molar-refractivity contribution in [1.29, 1.82) is 0 Å². The number of piperidine rings is 1. The Kier molecular flexibility index (Phi) is 7.82. The predicted octanol–water partition coefficient (Wildman–Crippen LogP) is 1.86. The van der Waals surface area contributed by atoms with E-state index in [0.717, 1.165) is 12.3 Å². The lowest BCUT2D eigenvalue weighted by Gasteiger charge is -2.34. The molecule has 0 aromatic carbocycles. The number of likely N-dealkylation sites (tertiary alicyclic amines) is 1. The summed E-state index contributed by atoms with van der Waals surface area (Å²) in [5.74, 6) is 0.866. The van der Waals surface area contributed by atoms with Crippen LogP contribution in [-0.2, 0) is 0 Å².